The molecule has 0 fully saturated rings. The van der Waals surface area contributed by atoms with Crippen LogP contribution in [0.5, 0.6) is 0 Å². The molecule has 1 heterocycles. The summed E-state index contributed by atoms with van der Waals surface area (Å²) in [6, 6.07) is 5.67. The number of rotatable bonds is 0. The fourth-order valence-electron chi connectivity index (χ4n) is 1.60. The fraction of sp³-hybridized carbons (Fsp3) is 0.222. The monoisotopic (exact) mass is 210 g/mol. The topological polar surface area (TPSA) is 48.2 Å². The van der Waals surface area contributed by atoms with Gasteiger partial charge in [-0.15, -0.1) is 0 Å². The maximum atomic E-state index is 5.91. The third-order valence-corrected chi connectivity index (χ3v) is 2.66. The maximum Gasteiger partial charge on any atom is 0.176 e. The first-order chi connectivity index (χ1) is 6.65. The van der Waals surface area contributed by atoms with Crippen molar-refractivity contribution >= 4 is 22.5 Å². The molecule has 0 saturated carbocycles. The van der Waals surface area contributed by atoms with Gasteiger partial charge in [0.2, 0.25) is 0 Å². The van der Waals surface area contributed by atoms with E-state index in [0.29, 0.717) is 5.02 Å². The van der Waals surface area contributed by atoms with Crippen LogP contribution < -0.4 is 11.3 Å². The van der Waals surface area contributed by atoms with Crippen LogP contribution in [0.4, 0.5) is 0 Å². The zero-order valence-electron chi connectivity index (χ0n) is 8.03. The molecule has 1 aromatic heterocycles. The van der Waals surface area contributed by atoms with E-state index in [1.807, 2.05) is 41.7 Å². The van der Waals surface area contributed by atoms with Crippen molar-refractivity contribution in [3.63, 3.8) is 0 Å². The molecule has 2 N–H and O–H groups in total. The van der Waals surface area contributed by atoms with Crippen LogP contribution in [-0.2, 0) is 14.1 Å². The second-order valence-electron chi connectivity index (χ2n) is 3.16. The van der Waals surface area contributed by atoms with Crippen molar-refractivity contribution in [1.29, 1.82) is 0 Å². The third kappa shape index (κ3) is 1.11. The predicted octanol–water partition coefficient (Wildman–Crippen LogP) is 0.945. The molecule has 0 spiro atoms. The Balaban J connectivity index is 3.05. The van der Waals surface area contributed by atoms with Gasteiger partial charge in [-0.1, -0.05) is 11.6 Å². The largest absolute Gasteiger partial charge is 0.321 e. The lowest BCUT2D eigenvalue weighted by molar-refractivity contribution is 0.584. The van der Waals surface area contributed by atoms with Gasteiger partial charge in [0.1, 0.15) is 0 Å². The van der Waals surface area contributed by atoms with E-state index in [4.69, 9.17) is 17.4 Å². The summed E-state index contributed by atoms with van der Waals surface area (Å²) in [5, 5.41) is 5.40. The molecule has 74 valence electrons. The lowest BCUT2D eigenvalue weighted by Crippen LogP contribution is -2.20. The van der Waals surface area contributed by atoms with E-state index >= 15 is 0 Å². The van der Waals surface area contributed by atoms with Gasteiger partial charge in [0, 0.05) is 24.5 Å². The Hall–Kier alpha value is -1.42. The van der Waals surface area contributed by atoms with E-state index in [9.17, 15) is 0 Å². The van der Waals surface area contributed by atoms with Crippen LogP contribution in [0, 0.1) is 0 Å². The quantitative estimate of drug-likeness (QED) is 0.511. The highest BCUT2D eigenvalue weighted by Crippen LogP contribution is 2.15. The van der Waals surface area contributed by atoms with E-state index in [2.05, 4.69) is 5.10 Å². The molecular formula is C9H11ClN4. The van der Waals surface area contributed by atoms with Gasteiger partial charge in [0.15, 0.2) is 5.49 Å². The molecular weight excluding hydrogens is 200 g/mol. The molecule has 4 nitrogen and oxygen atoms in total. The highest BCUT2D eigenvalue weighted by atomic mass is 35.5. The van der Waals surface area contributed by atoms with Gasteiger partial charge in [0.25, 0.3) is 0 Å². The normalized spacial score (nSPS) is 12.6. The first-order valence-corrected chi connectivity index (χ1v) is 4.58. The lowest BCUT2D eigenvalue weighted by atomic mass is 10.2. The van der Waals surface area contributed by atoms with Gasteiger partial charge in [-0.25, -0.2) is 0 Å². The molecule has 0 unspecified atom stereocenters. The van der Waals surface area contributed by atoms with Crippen LogP contribution >= 0.6 is 11.6 Å². The van der Waals surface area contributed by atoms with Crippen molar-refractivity contribution in [2.45, 2.75) is 0 Å². The van der Waals surface area contributed by atoms with Crippen molar-refractivity contribution in [2.24, 2.45) is 25.0 Å². The number of nitrogens with two attached hydrogens (primary N) is 1. The molecule has 1 aromatic carbocycles. The number of halogens is 1. The van der Waals surface area contributed by atoms with Gasteiger partial charge >= 0.3 is 0 Å². The minimum absolute atomic E-state index is 0.689. The molecule has 2 aromatic rings. The molecule has 0 aliphatic heterocycles. The van der Waals surface area contributed by atoms with E-state index in [0.717, 1.165) is 16.4 Å². The summed E-state index contributed by atoms with van der Waals surface area (Å²) in [4.78, 5) is 0. The summed E-state index contributed by atoms with van der Waals surface area (Å²) >= 11 is 5.91. The second kappa shape index (κ2) is 3.06. The molecule has 0 radical (unpaired) electrons. The average molecular weight is 211 g/mol. The molecule has 0 saturated heterocycles. The Bertz CT molecular complexity index is 550. The van der Waals surface area contributed by atoms with Crippen LogP contribution in [0.15, 0.2) is 23.3 Å². The van der Waals surface area contributed by atoms with E-state index in [-0.39, 0.29) is 0 Å². The summed E-state index contributed by atoms with van der Waals surface area (Å²) in [6.07, 6.45) is 0. The maximum absolute atomic E-state index is 5.91. The number of aromatic nitrogens is 2. The first kappa shape index (κ1) is 9.15. The van der Waals surface area contributed by atoms with Crippen molar-refractivity contribution in [1.82, 2.24) is 9.36 Å². The Morgan fingerprint density at radius 1 is 1.29 bits per heavy atom. The molecule has 0 bridgehead atoms. The zero-order chi connectivity index (χ0) is 10.3. The number of fused-ring (bicyclic) bond motifs is 1. The van der Waals surface area contributed by atoms with E-state index < -0.39 is 0 Å². The standard InChI is InChI=1S/C9H11ClN4/c1-13-8-4-3-6(10)5-7(8)9(12-11)14(13)2/h3-5H,11H2,1-2H3. The highest BCUT2D eigenvalue weighted by Gasteiger charge is 2.05. The number of aryl methyl sites for hydroxylation is 1. The van der Waals surface area contributed by atoms with Crippen LogP contribution in [0.25, 0.3) is 10.9 Å². The summed E-state index contributed by atoms with van der Waals surface area (Å²) in [5.41, 5.74) is 1.78. The molecule has 5 heteroatoms. The van der Waals surface area contributed by atoms with Crippen molar-refractivity contribution in [3.05, 3.63) is 28.7 Å². The lowest BCUT2D eigenvalue weighted by Gasteiger charge is -1.99. The van der Waals surface area contributed by atoms with Crippen molar-refractivity contribution in [2.75, 3.05) is 0 Å². The average Bonchev–Trinajstić information content (AvgIpc) is 2.39. The number of nitrogens with zero attached hydrogens (tertiary/aromatic N) is 3. The smallest absolute Gasteiger partial charge is 0.176 e. The van der Waals surface area contributed by atoms with Crippen molar-refractivity contribution in [3.8, 4) is 0 Å². The Morgan fingerprint density at radius 2 is 2.00 bits per heavy atom. The zero-order valence-corrected chi connectivity index (χ0v) is 8.78. The van der Waals surface area contributed by atoms with Crippen LogP contribution in [0.2, 0.25) is 5.02 Å². The fourth-order valence-corrected chi connectivity index (χ4v) is 1.77. The van der Waals surface area contributed by atoms with Crippen molar-refractivity contribution < 1.29 is 0 Å². The van der Waals surface area contributed by atoms with Crippen LogP contribution in [-0.4, -0.2) is 9.36 Å². The van der Waals surface area contributed by atoms with E-state index in [1.54, 1.807) is 0 Å². The molecule has 0 aliphatic rings. The minimum atomic E-state index is 0.689. The van der Waals surface area contributed by atoms with Crippen LogP contribution in [0.3, 0.4) is 0 Å². The summed E-state index contributed by atoms with van der Waals surface area (Å²) in [6.45, 7) is 0. The third-order valence-electron chi connectivity index (χ3n) is 2.43. The summed E-state index contributed by atoms with van der Waals surface area (Å²) in [7, 11) is 3.85. The number of benzene rings is 1. The molecule has 0 aliphatic carbocycles. The van der Waals surface area contributed by atoms with Gasteiger partial charge in [0.05, 0.1) is 5.52 Å². The molecule has 14 heavy (non-hydrogen) atoms. The number of hydrogen-bond donors (Lipinski definition) is 1. The SMILES string of the molecule is Cn1c(=NN)c2cc(Cl)ccc2n1C. The van der Waals surface area contributed by atoms with Gasteiger partial charge in [-0.05, 0) is 18.2 Å². The Labute approximate surface area is 86.2 Å². The Morgan fingerprint density at radius 3 is 2.64 bits per heavy atom. The number of hydrogen-bond acceptors (Lipinski definition) is 2. The molecule has 0 atom stereocenters. The molecule has 2 rings (SSSR count). The predicted molar refractivity (Wildman–Crippen MR) is 56.7 cm³/mol. The Kier molecular flexibility index (Phi) is 2.00. The highest BCUT2D eigenvalue weighted by molar-refractivity contribution is 6.31. The van der Waals surface area contributed by atoms with Gasteiger partial charge in [-0.2, -0.15) is 5.10 Å². The van der Waals surface area contributed by atoms with Gasteiger partial charge in [-0.3, -0.25) is 9.36 Å². The van der Waals surface area contributed by atoms with Gasteiger partial charge < -0.3 is 5.84 Å². The summed E-state index contributed by atoms with van der Waals surface area (Å²) in [5.74, 6) is 5.33. The summed E-state index contributed by atoms with van der Waals surface area (Å²) < 4.78 is 3.85. The molecule has 0 amide bonds. The van der Waals surface area contributed by atoms with Crippen LogP contribution in [0.1, 0.15) is 0 Å². The first-order valence-electron chi connectivity index (χ1n) is 4.20. The van der Waals surface area contributed by atoms with E-state index in [1.165, 1.54) is 0 Å². The second-order valence-corrected chi connectivity index (χ2v) is 3.60. The minimum Gasteiger partial charge on any atom is -0.321 e.